The predicted octanol–water partition coefficient (Wildman–Crippen LogP) is 4.17. The molecule has 3 aromatic heterocycles. The van der Waals surface area contributed by atoms with Crippen molar-refractivity contribution < 1.29 is 18.0 Å². The fourth-order valence-corrected chi connectivity index (χ4v) is 4.55. The number of hydrogen-bond donors (Lipinski definition) is 2. The molecule has 1 aliphatic heterocycles. The van der Waals surface area contributed by atoms with Gasteiger partial charge in [-0.2, -0.15) is 13.2 Å². The lowest BCUT2D eigenvalue weighted by Gasteiger charge is -2.30. The summed E-state index contributed by atoms with van der Waals surface area (Å²) in [6.07, 6.45) is -2.53. The van der Waals surface area contributed by atoms with E-state index in [1.54, 1.807) is 24.3 Å². The molecule has 1 unspecified atom stereocenters. The Hall–Kier alpha value is -2.99. The number of likely N-dealkylation sites (tertiary alicyclic amines) is 1. The number of carbonyl (C=O) groups excluding carboxylic acids is 1. The molecule has 1 amide bonds. The second-order valence-corrected chi connectivity index (χ2v) is 8.67. The number of nitrogens with two attached hydrogens (primary N) is 1. The monoisotopic (exact) mass is 555 g/mol. The molecule has 1 aliphatic rings. The molecule has 0 radical (unpaired) electrons. The second-order valence-electron chi connectivity index (χ2n) is 8.67. The highest BCUT2D eigenvalue weighted by molar-refractivity contribution is 5.98. The highest BCUT2D eigenvalue weighted by atomic mass is 35.5. The summed E-state index contributed by atoms with van der Waals surface area (Å²) in [6, 6.07) is 9.65. The number of carbonyl (C=O) groups is 1. The van der Waals surface area contributed by atoms with Gasteiger partial charge in [0.25, 0.3) is 5.91 Å². The maximum atomic E-state index is 14.1. The predicted molar refractivity (Wildman–Crippen MR) is 139 cm³/mol. The van der Waals surface area contributed by atoms with Gasteiger partial charge in [-0.1, -0.05) is 18.2 Å². The van der Waals surface area contributed by atoms with Gasteiger partial charge in [0.15, 0.2) is 11.5 Å². The largest absolute Gasteiger partial charge is 0.408 e. The van der Waals surface area contributed by atoms with E-state index >= 15 is 0 Å². The van der Waals surface area contributed by atoms with E-state index in [9.17, 15) is 18.0 Å². The van der Waals surface area contributed by atoms with E-state index in [2.05, 4.69) is 20.5 Å². The van der Waals surface area contributed by atoms with Gasteiger partial charge in [0.1, 0.15) is 11.7 Å². The second kappa shape index (κ2) is 11.2. The van der Waals surface area contributed by atoms with Crippen molar-refractivity contribution in [1.29, 1.82) is 0 Å². The molecule has 37 heavy (non-hydrogen) atoms. The summed E-state index contributed by atoms with van der Waals surface area (Å²) in [7, 11) is 0. The number of pyridine rings is 2. The van der Waals surface area contributed by atoms with Gasteiger partial charge >= 0.3 is 6.18 Å². The molecule has 1 aromatic carbocycles. The Morgan fingerprint density at radius 2 is 1.92 bits per heavy atom. The minimum Gasteiger partial charge on any atom is -0.352 e. The van der Waals surface area contributed by atoms with Crippen LogP contribution in [-0.4, -0.2) is 62.2 Å². The van der Waals surface area contributed by atoms with Crippen LogP contribution in [0.5, 0.6) is 0 Å². The number of aromatic nitrogens is 4. The first-order valence-corrected chi connectivity index (χ1v) is 11.3. The topological polar surface area (TPSA) is 101 Å². The van der Waals surface area contributed by atoms with Crippen molar-refractivity contribution in [1.82, 2.24) is 29.8 Å². The molecule has 5 rings (SSSR count). The van der Waals surface area contributed by atoms with E-state index < -0.39 is 12.2 Å². The Labute approximate surface area is 223 Å². The van der Waals surface area contributed by atoms with Crippen LogP contribution >= 0.6 is 24.8 Å². The molecule has 13 heteroatoms. The zero-order valence-corrected chi connectivity index (χ0v) is 21.4. The number of hydrogen-bond acceptors (Lipinski definition) is 6. The lowest BCUT2D eigenvalue weighted by atomic mass is 10.1. The quantitative estimate of drug-likeness (QED) is 0.383. The molecule has 0 aliphatic carbocycles. The molecule has 3 N–H and O–H groups in total. The van der Waals surface area contributed by atoms with Crippen molar-refractivity contribution in [3.8, 4) is 11.5 Å². The van der Waals surface area contributed by atoms with Crippen LogP contribution in [0, 0.1) is 0 Å². The van der Waals surface area contributed by atoms with Crippen LogP contribution in [0.4, 0.5) is 13.2 Å². The summed E-state index contributed by atoms with van der Waals surface area (Å²) in [6.45, 7) is 2.79. The summed E-state index contributed by atoms with van der Waals surface area (Å²) in [5.74, 6) is 0.102. The van der Waals surface area contributed by atoms with Gasteiger partial charge in [0.05, 0.1) is 5.52 Å². The Bertz CT molecular complexity index is 1410. The molecular weight excluding hydrogens is 530 g/mol. The number of rotatable bonds is 5. The third kappa shape index (κ3) is 5.64. The van der Waals surface area contributed by atoms with Gasteiger partial charge < -0.3 is 11.1 Å². The van der Waals surface area contributed by atoms with Crippen molar-refractivity contribution in [3.63, 3.8) is 0 Å². The zero-order valence-electron chi connectivity index (χ0n) is 19.8. The fraction of sp³-hybridized carbons (Fsp3) is 0.333. The van der Waals surface area contributed by atoms with Crippen LogP contribution in [-0.2, 0) is 0 Å². The average molecular weight is 556 g/mol. The average Bonchev–Trinajstić information content (AvgIpc) is 3.43. The van der Waals surface area contributed by atoms with Gasteiger partial charge in [0, 0.05) is 42.8 Å². The van der Waals surface area contributed by atoms with E-state index in [-0.39, 0.29) is 55.4 Å². The van der Waals surface area contributed by atoms with Gasteiger partial charge in [-0.15, -0.1) is 35.0 Å². The maximum absolute atomic E-state index is 14.1. The number of fused-ring (bicyclic) bond motifs is 2. The van der Waals surface area contributed by atoms with Gasteiger partial charge in [-0.25, -0.2) is 4.98 Å². The molecule has 1 fully saturated rings. The lowest BCUT2D eigenvalue weighted by molar-refractivity contribution is -0.183. The third-order valence-corrected chi connectivity index (χ3v) is 6.19. The minimum atomic E-state index is -4.47. The molecule has 4 heterocycles. The van der Waals surface area contributed by atoms with E-state index in [4.69, 9.17) is 5.73 Å². The van der Waals surface area contributed by atoms with Crippen molar-refractivity contribution in [2.45, 2.75) is 31.6 Å². The van der Waals surface area contributed by atoms with Gasteiger partial charge in [0.2, 0.25) is 0 Å². The number of nitrogens with zero attached hydrogens (tertiary/aromatic N) is 5. The Kier molecular flexibility index (Phi) is 8.63. The number of amides is 1. The van der Waals surface area contributed by atoms with Gasteiger partial charge in [-0.05, 0) is 43.2 Å². The van der Waals surface area contributed by atoms with E-state index in [0.29, 0.717) is 41.2 Å². The van der Waals surface area contributed by atoms with Crippen molar-refractivity contribution >= 4 is 47.3 Å². The number of alkyl halides is 3. The summed E-state index contributed by atoms with van der Waals surface area (Å²) in [5.41, 5.74) is 7.84. The Balaban J connectivity index is 0.00000190. The van der Waals surface area contributed by atoms with Crippen LogP contribution in [0.15, 0.2) is 48.7 Å². The lowest BCUT2D eigenvalue weighted by Crippen LogP contribution is -2.38. The third-order valence-electron chi connectivity index (χ3n) is 6.19. The number of nitrogens with one attached hydrogen (secondary N) is 1. The first kappa shape index (κ1) is 28.6. The molecule has 0 saturated carbocycles. The summed E-state index contributed by atoms with van der Waals surface area (Å²) in [4.78, 5) is 18.2. The normalized spacial score (nSPS) is 16.8. The van der Waals surface area contributed by atoms with Crippen LogP contribution in [0.3, 0.4) is 0 Å². The van der Waals surface area contributed by atoms with E-state index in [1.165, 1.54) is 27.6 Å². The summed E-state index contributed by atoms with van der Waals surface area (Å²) < 4.78 is 43.8. The van der Waals surface area contributed by atoms with Crippen LogP contribution in [0.2, 0.25) is 0 Å². The van der Waals surface area contributed by atoms with Gasteiger partial charge in [-0.3, -0.25) is 14.1 Å². The summed E-state index contributed by atoms with van der Waals surface area (Å²) >= 11 is 0. The Morgan fingerprint density at radius 3 is 2.59 bits per heavy atom. The van der Waals surface area contributed by atoms with Crippen molar-refractivity contribution in [3.05, 3.63) is 59.8 Å². The van der Waals surface area contributed by atoms with E-state index in [1.807, 2.05) is 13.0 Å². The highest BCUT2D eigenvalue weighted by Crippen LogP contribution is 2.39. The van der Waals surface area contributed by atoms with Crippen LogP contribution in [0.1, 0.15) is 35.3 Å². The van der Waals surface area contributed by atoms with E-state index in [0.717, 1.165) is 5.39 Å². The highest BCUT2D eigenvalue weighted by Gasteiger charge is 2.46. The molecule has 198 valence electrons. The molecular formula is C24H26Cl2F3N7O. The van der Waals surface area contributed by atoms with Crippen molar-refractivity contribution in [2.75, 3.05) is 19.6 Å². The standard InChI is InChI=1S/C24H24F3N7O.2ClH/c1-2-29-23(35)15-4-3-14-5-7-18(30-19(14)11-15)22-32-31-20-8-6-16(12-34(20)22)21(24(25,26)27)33-10-9-17(28)13-33;;/h3-8,11-12,17,21H,2,9-10,13,28H2,1H3,(H,29,35);2*1H/t17?,21-;;/m1../s1. The molecule has 0 bridgehead atoms. The molecule has 1 saturated heterocycles. The molecule has 8 nitrogen and oxygen atoms in total. The molecule has 0 spiro atoms. The first-order chi connectivity index (χ1) is 16.7. The summed E-state index contributed by atoms with van der Waals surface area (Å²) in [5, 5.41) is 11.9. The molecule has 4 aromatic rings. The van der Waals surface area contributed by atoms with Crippen LogP contribution in [0.25, 0.3) is 28.1 Å². The fourth-order valence-electron chi connectivity index (χ4n) is 4.55. The zero-order chi connectivity index (χ0) is 24.7. The number of halogens is 5. The number of benzene rings is 1. The van der Waals surface area contributed by atoms with Crippen LogP contribution < -0.4 is 11.1 Å². The smallest absolute Gasteiger partial charge is 0.352 e. The van der Waals surface area contributed by atoms with Crippen molar-refractivity contribution in [2.24, 2.45) is 5.73 Å². The SMILES string of the molecule is CCNC(=O)c1ccc2ccc(-c3nnc4ccc([C@@H](N5CCC(N)C5)C(F)(F)F)cn34)nc2c1.Cl.Cl. The first-order valence-electron chi connectivity index (χ1n) is 11.3. The Morgan fingerprint density at radius 1 is 1.16 bits per heavy atom. The minimum absolute atomic E-state index is 0. The molecule has 2 atom stereocenters. The maximum Gasteiger partial charge on any atom is 0.408 e.